The topological polar surface area (TPSA) is 40.5 Å². The van der Waals surface area contributed by atoms with Crippen LogP contribution in [0.3, 0.4) is 0 Å². The second kappa shape index (κ2) is 4.91. The van der Waals surface area contributed by atoms with Crippen LogP contribution in [0.25, 0.3) is 0 Å². The molecule has 2 N–H and O–H groups in total. The largest absolute Gasteiger partial charge is 1.00 e. The molecule has 0 rings (SSSR count). The normalized spacial score (nSPS) is 14.1. The molecule has 4 heteroatoms. The first-order valence-corrected chi connectivity index (χ1v) is 3.12. The Hall–Kier alpha value is 0.170. The van der Waals surface area contributed by atoms with Gasteiger partial charge in [0, 0.05) is 6.92 Å². The van der Waals surface area contributed by atoms with Crippen molar-refractivity contribution < 1.29 is 27.1 Å². The van der Waals surface area contributed by atoms with Crippen molar-refractivity contribution in [1.82, 2.24) is 0 Å². The molecule has 1 atom stereocenters. The molecule has 0 heterocycles. The zero-order valence-electron chi connectivity index (χ0n) is 6.71. The Morgan fingerprint density at radius 2 is 1.80 bits per heavy atom. The van der Waals surface area contributed by atoms with Crippen LogP contribution in [0.1, 0.15) is 6.92 Å². The summed E-state index contributed by atoms with van der Waals surface area (Å²) >= 11 is 0. The van der Waals surface area contributed by atoms with Crippen molar-refractivity contribution in [3.05, 3.63) is 0 Å². The smallest absolute Gasteiger partial charge is 0.187 e. The maximum absolute atomic E-state index is 9.07. The van der Waals surface area contributed by atoms with Crippen molar-refractivity contribution in [2.45, 2.75) is 13.2 Å². The first-order valence-electron chi connectivity index (χ1n) is 3.12. The second-order valence-corrected chi connectivity index (χ2v) is 2.86. The first-order chi connectivity index (χ1) is 4.00. The molecule has 0 fully saturated rings. The zero-order chi connectivity index (χ0) is 7.49. The van der Waals surface area contributed by atoms with Crippen LogP contribution in [0.15, 0.2) is 0 Å². The van der Waals surface area contributed by atoms with Gasteiger partial charge in [0.25, 0.3) is 0 Å². The van der Waals surface area contributed by atoms with E-state index in [1.165, 1.54) is 0 Å². The van der Waals surface area contributed by atoms with Crippen LogP contribution >= 0.6 is 0 Å². The van der Waals surface area contributed by atoms with Gasteiger partial charge < -0.3 is 27.1 Å². The Balaban J connectivity index is 0. The molecule has 0 aromatic carbocycles. The van der Waals surface area contributed by atoms with Gasteiger partial charge in [0.15, 0.2) is 6.23 Å². The van der Waals surface area contributed by atoms with Gasteiger partial charge in [-0.15, -0.1) is 0 Å². The Bertz CT molecular complexity index is 85.8. The van der Waals surface area contributed by atoms with Crippen LogP contribution in [0.2, 0.25) is 0 Å². The molecule has 0 aromatic rings. The van der Waals surface area contributed by atoms with E-state index in [9.17, 15) is 0 Å². The summed E-state index contributed by atoms with van der Waals surface area (Å²) in [4.78, 5) is 0. The summed E-state index contributed by atoms with van der Waals surface area (Å²) in [6.07, 6.45) is -0.405. The summed E-state index contributed by atoms with van der Waals surface area (Å²) in [7, 11) is 3.75. The van der Waals surface area contributed by atoms with Crippen molar-refractivity contribution >= 4 is 0 Å². The Kier molecular flexibility index (Phi) is 6.29. The lowest BCUT2D eigenvalue weighted by Crippen LogP contribution is -3.00. The van der Waals surface area contributed by atoms with Gasteiger partial charge in [-0.1, -0.05) is 0 Å². The number of aliphatic hydroxyl groups excluding tert-OH is 2. The number of aliphatic hydroxyl groups is 2. The van der Waals surface area contributed by atoms with Crippen molar-refractivity contribution in [1.29, 1.82) is 0 Å². The Morgan fingerprint density at radius 1 is 1.40 bits per heavy atom. The highest BCUT2D eigenvalue weighted by Gasteiger charge is 2.19. The molecular formula is C6H16ClNO2. The average molecular weight is 170 g/mol. The molecular weight excluding hydrogens is 154 g/mol. The minimum Gasteiger partial charge on any atom is -1.00 e. The minimum absolute atomic E-state index is 0. The molecule has 64 valence electrons. The van der Waals surface area contributed by atoms with Gasteiger partial charge in [0.05, 0.1) is 20.7 Å². The minimum atomic E-state index is -0.405. The van der Waals surface area contributed by atoms with Crippen LogP contribution in [0, 0.1) is 0 Å². The quantitative estimate of drug-likeness (QED) is 0.339. The van der Waals surface area contributed by atoms with Crippen LogP contribution in [-0.2, 0) is 0 Å². The van der Waals surface area contributed by atoms with E-state index in [0.29, 0.717) is 11.0 Å². The highest BCUT2D eigenvalue weighted by atomic mass is 35.5. The van der Waals surface area contributed by atoms with Crippen LogP contribution < -0.4 is 12.4 Å². The molecule has 0 aliphatic heterocycles. The number of rotatable bonds is 3. The van der Waals surface area contributed by atoms with Gasteiger partial charge in [-0.2, -0.15) is 0 Å². The summed E-state index contributed by atoms with van der Waals surface area (Å²) < 4.78 is 0.455. The van der Waals surface area contributed by atoms with E-state index in [-0.39, 0.29) is 19.0 Å². The number of hydrogen-bond acceptors (Lipinski definition) is 2. The van der Waals surface area contributed by atoms with E-state index in [0.717, 1.165) is 0 Å². The first kappa shape index (κ1) is 12.8. The van der Waals surface area contributed by atoms with Crippen molar-refractivity contribution in [2.75, 3.05) is 27.2 Å². The average Bonchev–Trinajstić information content (AvgIpc) is 1.65. The van der Waals surface area contributed by atoms with Gasteiger partial charge in [0.1, 0.15) is 6.54 Å². The van der Waals surface area contributed by atoms with Gasteiger partial charge >= 0.3 is 0 Å². The van der Waals surface area contributed by atoms with Crippen LogP contribution in [0.5, 0.6) is 0 Å². The molecule has 0 aliphatic carbocycles. The fourth-order valence-corrected chi connectivity index (χ4v) is 0.445. The van der Waals surface area contributed by atoms with Gasteiger partial charge in [0.2, 0.25) is 0 Å². The number of likely N-dealkylation sites (N-methyl/N-ethyl adjacent to an activating group) is 1. The molecule has 0 amide bonds. The van der Waals surface area contributed by atoms with Gasteiger partial charge in [-0.05, 0) is 0 Å². The molecule has 0 saturated carbocycles. The van der Waals surface area contributed by atoms with Crippen LogP contribution in [0.4, 0.5) is 0 Å². The molecule has 10 heavy (non-hydrogen) atoms. The van der Waals surface area contributed by atoms with Crippen molar-refractivity contribution in [2.24, 2.45) is 0 Å². The molecule has 0 spiro atoms. The fraction of sp³-hybridized carbons (Fsp3) is 1.00. The van der Waals surface area contributed by atoms with Gasteiger partial charge in [-0.25, -0.2) is 0 Å². The van der Waals surface area contributed by atoms with Crippen molar-refractivity contribution in [3.8, 4) is 0 Å². The van der Waals surface area contributed by atoms with E-state index in [2.05, 4.69) is 0 Å². The fourth-order valence-electron chi connectivity index (χ4n) is 0.445. The standard InChI is InChI=1S/C6H16NO2.ClH/c1-6(9)7(2,3)4-5-8;/h6,8-9H,4-5H2,1-3H3;1H/q+1;/p-1. The third-order valence-corrected chi connectivity index (χ3v) is 1.69. The molecule has 0 bridgehead atoms. The Morgan fingerprint density at radius 3 is 1.90 bits per heavy atom. The number of nitrogens with zero attached hydrogens (tertiary/aromatic N) is 1. The molecule has 0 aliphatic rings. The van der Waals surface area contributed by atoms with E-state index in [1.54, 1.807) is 6.92 Å². The molecule has 0 radical (unpaired) electrons. The summed E-state index contributed by atoms with van der Waals surface area (Å²) in [5, 5.41) is 17.6. The predicted octanol–water partition coefficient (Wildman–Crippen LogP) is -3.60. The third kappa shape index (κ3) is 4.06. The Labute approximate surface area is 68.3 Å². The van der Waals surface area contributed by atoms with Crippen LogP contribution in [-0.4, -0.2) is 48.2 Å². The van der Waals surface area contributed by atoms with E-state index in [4.69, 9.17) is 10.2 Å². The molecule has 1 unspecified atom stereocenters. The van der Waals surface area contributed by atoms with Gasteiger partial charge in [-0.3, -0.25) is 0 Å². The lowest BCUT2D eigenvalue weighted by Gasteiger charge is -2.31. The summed E-state index contributed by atoms with van der Waals surface area (Å²) in [5.74, 6) is 0. The lowest BCUT2D eigenvalue weighted by molar-refractivity contribution is -0.934. The summed E-state index contributed by atoms with van der Waals surface area (Å²) in [5.41, 5.74) is 0. The molecule has 0 aromatic heterocycles. The zero-order valence-corrected chi connectivity index (χ0v) is 7.47. The predicted molar refractivity (Wildman–Crippen MR) is 35.7 cm³/mol. The lowest BCUT2D eigenvalue weighted by atomic mass is 10.4. The highest BCUT2D eigenvalue weighted by molar-refractivity contribution is 4.30. The SMILES string of the molecule is CC(O)[N+](C)(C)CCO.[Cl-]. The van der Waals surface area contributed by atoms with Crippen molar-refractivity contribution in [3.63, 3.8) is 0 Å². The molecule has 0 saturated heterocycles. The summed E-state index contributed by atoms with van der Waals surface area (Å²) in [6, 6.07) is 0. The molecule has 3 nitrogen and oxygen atoms in total. The van der Waals surface area contributed by atoms with E-state index < -0.39 is 6.23 Å². The maximum atomic E-state index is 9.07. The van der Waals surface area contributed by atoms with E-state index in [1.807, 2.05) is 14.1 Å². The highest BCUT2D eigenvalue weighted by Crippen LogP contribution is 2.00. The number of quaternary nitrogens is 1. The maximum Gasteiger partial charge on any atom is 0.187 e. The van der Waals surface area contributed by atoms with E-state index >= 15 is 0 Å². The number of hydrogen-bond donors (Lipinski definition) is 2. The summed E-state index contributed by atoms with van der Waals surface area (Å²) in [6.45, 7) is 2.44. The monoisotopic (exact) mass is 169 g/mol. The third-order valence-electron chi connectivity index (χ3n) is 1.69. The second-order valence-electron chi connectivity index (χ2n) is 2.86. The number of halogens is 1.